The Morgan fingerprint density at radius 2 is 0.445 bits per heavy atom. The molecule has 119 heavy (non-hydrogen) atoms. The van der Waals surface area contributed by atoms with Gasteiger partial charge in [0.15, 0.2) is 0 Å². The predicted molar refractivity (Wildman–Crippen MR) is 526 cm³/mol. The molecule has 0 aliphatic heterocycles. The Morgan fingerprint density at radius 1 is 0.202 bits per heavy atom. The largest absolute Gasteiger partial charge is 0.370 e. The maximum absolute atomic E-state index is 2.50. The van der Waals surface area contributed by atoms with Crippen LogP contribution in [0.25, 0.3) is 113 Å². The van der Waals surface area contributed by atoms with E-state index in [1.807, 2.05) is 17.4 Å². The molecule has 14 aromatic carbocycles. The van der Waals surface area contributed by atoms with Crippen molar-refractivity contribution in [3.63, 3.8) is 0 Å². The number of rotatable bonds is 4. The molecule has 3 aromatic heterocycles. The molecule has 0 radical (unpaired) electrons. The summed E-state index contributed by atoms with van der Waals surface area (Å²) in [5, 5.41) is 12.7. The molecule has 0 spiro atoms. The van der Waals surface area contributed by atoms with Gasteiger partial charge in [0.2, 0.25) is 0 Å². The van der Waals surface area contributed by atoms with Gasteiger partial charge in [-0.05, 0) is 269 Å². The third-order valence-corrected chi connectivity index (χ3v) is 23.0. The van der Waals surface area contributed by atoms with Gasteiger partial charge in [0, 0.05) is 122 Å². The minimum atomic E-state index is -0.0964. The number of aromatic nitrogens is 4. The van der Waals surface area contributed by atoms with Crippen LogP contribution in [0.4, 0.5) is 17.1 Å². The first-order chi connectivity index (χ1) is 56.7. The van der Waals surface area contributed by atoms with Gasteiger partial charge in [0.25, 0.3) is 0 Å². The Kier molecular flexibility index (Phi) is 26.8. The summed E-state index contributed by atoms with van der Waals surface area (Å²) in [6, 6.07) is 130. The minimum absolute atomic E-state index is 0.0148. The number of nitrogens with zero attached hydrogens (tertiary/aromatic N) is 7. The highest BCUT2D eigenvalue weighted by atomic mass is 32.1. The number of anilines is 3. The normalized spacial score (nSPS) is 11.8. The standard InChI is InChI=1S/C28H26N2.C28H25N.C22H21NS.C16H19N.C11H17N.C6H15N/c1-28(2,3)30-25-18-10-8-16-23(25)22-15-7-9-17-24(22)29(21-13-5-4-6-14-21)26-19-11-12-20-27(26)30;1-28(2,3)29-26-18-10-8-16-24(26)22-14-6-4-12-20(22)21-13-5-7-15-23(21)25-17-9-11-19-27(25)29;1-22(2,3)23-18-12-6-4-10-16(18)17-11-5-8-14-20(17)24-21-15-9-7-13-19(21)23;1-16(2,3)17(14-10-6-4-7-11-14)15-12-8-5-9-13-15;1-11(2,3)12(4)10-8-6-5-7-9-10;1-6(2,3)7(4)5/h4-20H,1-3H3;4-19H,1-3H3;4-15H,1-3H3;4-13H,1-3H3;5-9H,1-4H3;1-5H3. The highest BCUT2D eigenvalue weighted by Crippen LogP contribution is 2.40. The second kappa shape index (κ2) is 36.9. The molecule has 0 saturated heterocycles. The van der Waals surface area contributed by atoms with Crippen molar-refractivity contribution in [3.05, 3.63) is 364 Å². The molecule has 0 aliphatic rings. The molecule has 8 heteroatoms. The van der Waals surface area contributed by atoms with Crippen LogP contribution >= 0.6 is 11.3 Å². The molecule has 0 aliphatic carbocycles. The van der Waals surface area contributed by atoms with E-state index in [2.05, 4.69) is 537 Å². The summed E-state index contributed by atoms with van der Waals surface area (Å²) in [4.78, 5) is 6.81. The average Bonchev–Trinajstić information content (AvgIpc) is 1.29. The van der Waals surface area contributed by atoms with Crippen LogP contribution in [-0.2, 0) is 16.6 Å². The van der Waals surface area contributed by atoms with Gasteiger partial charge in [-0.25, -0.2) is 0 Å². The van der Waals surface area contributed by atoms with Gasteiger partial charge in [-0.2, -0.15) is 0 Å². The zero-order valence-corrected chi connectivity index (χ0v) is 75.0. The molecule has 0 amide bonds. The van der Waals surface area contributed by atoms with Gasteiger partial charge < -0.3 is 33.0 Å². The Morgan fingerprint density at radius 3 is 0.807 bits per heavy atom. The lowest BCUT2D eigenvalue weighted by molar-refractivity contribution is 0.219. The molecule has 17 rings (SSSR count). The van der Waals surface area contributed by atoms with Crippen LogP contribution < -0.4 is 9.80 Å². The Labute approximate surface area is 712 Å². The number of hydrogen-bond acceptors (Lipinski definition) is 4. The van der Waals surface area contributed by atoms with E-state index in [0.29, 0.717) is 5.54 Å². The van der Waals surface area contributed by atoms with Crippen molar-refractivity contribution in [2.75, 3.05) is 30.9 Å². The van der Waals surface area contributed by atoms with E-state index < -0.39 is 0 Å². The summed E-state index contributed by atoms with van der Waals surface area (Å²) < 4.78 is 12.4. The lowest BCUT2D eigenvalue weighted by atomic mass is 10.0. The predicted octanol–water partition coefficient (Wildman–Crippen LogP) is 31.4. The molecular formula is C111H123N7S. The fraction of sp³-hybridized carbons (Fsp3) is 0.243. The van der Waals surface area contributed by atoms with Gasteiger partial charge in [-0.15, -0.1) is 11.3 Å². The van der Waals surface area contributed by atoms with E-state index in [-0.39, 0.29) is 27.7 Å². The molecule has 0 saturated carbocycles. The van der Waals surface area contributed by atoms with Crippen LogP contribution in [0.15, 0.2) is 364 Å². The second-order valence-electron chi connectivity index (χ2n) is 36.7. The van der Waals surface area contributed by atoms with Crippen LogP contribution in [0.5, 0.6) is 0 Å². The zero-order chi connectivity index (χ0) is 85.0. The second-order valence-corrected chi connectivity index (χ2v) is 37.8. The van der Waals surface area contributed by atoms with Crippen molar-refractivity contribution in [2.24, 2.45) is 0 Å². The lowest BCUT2D eigenvalue weighted by Crippen LogP contribution is -2.37. The molecule has 0 unspecified atom stereocenters. The lowest BCUT2D eigenvalue weighted by Gasteiger charge is -2.37. The van der Waals surface area contributed by atoms with E-state index in [9.17, 15) is 0 Å². The molecule has 608 valence electrons. The molecule has 3 heterocycles. The third-order valence-electron chi connectivity index (χ3n) is 21.8. The topological polar surface area (TPSA) is 29.4 Å². The van der Waals surface area contributed by atoms with Crippen LogP contribution in [0, 0.1) is 0 Å². The van der Waals surface area contributed by atoms with Gasteiger partial charge in [-0.3, -0.25) is 0 Å². The van der Waals surface area contributed by atoms with E-state index in [4.69, 9.17) is 0 Å². The summed E-state index contributed by atoms with van der Waals surface area (Å²) in [6.07, 6.45) is 0. The number of para-hydroxylation sites is 12. The highest BCUT2D eigenvalue weighted by molar-refractivity contribution is 7.24. The van der Waals surface area contributed by atoms with E-state index in [0.717, 1.165) is 5.69 Å². The van der Waals surface area contributed by atoms with Crippen LogP contribution in [0.2, 0.25) is 0 Å². The van der Waals surface area contributed by atoms with Crippen molar-refractivity contribution >= 4 is 136 Å². The molecule has 17 aromatic rings. The van der Waals surface area contributed by atoms with Gasteiger partial charge in [-0.1, -0.05) is 255 Å². The molecule has 0 atom stereocenters. The van der Waals surface area contributed by atoms with E-state index in [1.165, 1.54) is 124 Å². The number of hydrogen-bond donors (Lipinski definition) is 0. The van der Waals surface area contributed by atoms with Crippen molar-refractivity contribution in [1.29, 1.82) is 0 Å². The minimum Gasteiger partial charge on any atom is -0.370 e. The van der Waals surface area contributed by atoms with E-state index in [1.54, 1.807) is 0 Å². The third kappa shape index (κ3) is 20.3. The first kappa shape index (κ1) is 86.4. The summed E-state index contributed by atoms with van der Waals surface area (Å²) in [5.74, 6) is 0. The first-order valence-electron chi connectivity index (χ1n) is 41.9. The van der Waals surface area contributed by atoms with Gasteiger partial charge in [0.1, 0.15) is 0 Å². The average molecular weight is 1590 g/mol. The summed E-state index contributed by atoms with van der Waals surface area (Å²) in [6.45, 7) is 40.4. The SMILES string of the molecule is CC(C)(C)N(c1ccccc1)c1ccccc1.CC(C)(C)n1c2ccccc2c2ccccc2c2ccccc2c2ccccc21.CC(C)(C)n1c2ccccc2c2ccccc2n(-c2ccccc2)c2ccccc21.CC(C)(C)n1c2ccccc2sc2ccccc2c2ccccc21.CN(C)C(C)(C)C.CN(c1ccccc1)C(C)(C)C. The highest BCUT2D eigenvalue weighted by Gasteiger charge is 2.25. The van der Waals surface area contributed by atoms with Crippen LogP contribution in [0.3, 0.4) is 0 Å². The summed E-state index contributed by atoms with van der Waals surface area (Å²) >= 11 is 1.86. The Hall–Kier alpha value is -11.9. The smallest absolute Gasteiger partial charge is 0.0699 e. The maximum atomic E-state index is 2.50. The molecule has 0 fully saturated rings. The first-order valence-corrected chi connectivity index (χ1v) is 42.8. The number of fused-ring (bicyclic) bond motifs is 15. The zero-order valence-electron chi connectivity index (χ0n) is 74.2. The fourth-order valence-electron chi connectivity index (χ4n) is 15.5. The van der Waals surface area contributed by atoms with Crippen molar-refractivity contribution < 1.29 is 0 Å². The summed E-state index contributed by atoms with van der Waals surface area (Å²) in [7, 11) is 6.29. The molecule has 0 bridgehead atoms. The van der Waals surface area contributed by atoms with Gasteiger partial charge >= 0.3 is 0 Å². The van der Waals surface area contributed by atoms with Crippen molar-refractivity contribution in [2.45, 2.75) is 158 Å². The van der Waals surface area contributed by atoms with Crippen LogP contribution in [-0.4, -0.2) is 60.9 Å². The Bertz CT molecular complexity index is 6330. The molecular weight excluding hydrogens is 1460 g/mol. The van der Waals surface area contributed by atoms with E-state index >= 15 is 0 Å². The Balaban J connectivity index is 0.000000138. The fourth-order valence-corrected chi connectivity index (χ4v) is 16.6. The quantitative estimate of drug-likeness (QED) is 0.176. The summed E-state index contributed by atoms with van der Waals surface area (Å²) in [5.41, 5.74) is 15.1. The van der Waals surface area contributed by atoms with Crippen molar-refractivity contribution in [1.82, 2.24) is 23.2 Å². The maximum Gasteiger partial charge on any atom is 0.0699 e. The monoisotopic (exact) mass is 1590 g/mol. The van der Waals surface area contributed by atoms with Crippen LogP contribution in [0.1, 0.15) is 125 Å². The van der Waals surface area contributed by atoms with Gasteiger partial charge in [0.05, 0.1) is 26.8 Å². The van der Waals surface area contributed by atoms with Crippen molar-refractivity contribution in [3.8, 4) is 5.69 Å². The number of benzene rings is 14. The molecule has 7 nitrogen and oxygen atoms in total. The molecule has 0 N–H and O–H groups in total.